The summed E-state index contributed by atoms with van der Waals surface area (Å²) in [7, 11) is 1.27. The Morgan fingerprint density at radius 1 is 1.23 bits per heavy atom. The number of hydrogen-bond donors (Lipinski definition) is 1. The summed E-state index contributed by atoms with van der Waals surface area (Å²) in [6.07, 6.45) is 0.130. The van der Waals surface area contributed by atoms with Crippen LogP contribution in [0.5, 0.6) is 0 Å². The van der Waals surface area contributed by atoms with Crippen molar-refractivity contribution in [3.8, 4) is 0 Å². The molecule has 0 aliphatic carbocycles. The summed E-state index contributed by atoms with van der Waals surface area (Å²) >= 11 is 0. The Bertz CT molecular complexity index is 647. The molecule has 0 bridgehead atoms. The predicted octanol–water partition coefficient (Wildman–Crippen LogP) is 1.36. The lowest BCUT2D eigenvalue weighted by Crippen LogP contribution is -2.49. The van der Waals surface area contributed by atoms with Gasteiger partial charge in [-0.15, -0.1) is 0 Å². The Kier molecular flexibility index (Phi) is 6.74. The van der Waals surface area contributed by atoms with Gasteiger partial charge in [0.25, 0.3) is 0 Å². The van der Waals surface area contributed by atoms with Crippen molar-refractivity contribution in [1.29, 1.82) is 0 Å². The van der Waals surface area contributed by atoms with E-state index in [2.05, 4.69) is 0 Å². The molecular weight excluding hydrogens is 336 g/mol. The molecule has 0 aromatic heterocycles. The molecule has 1 heterocycles. The Morgan fingerprint density at radius 3 is 2.46 bits per heavy atom. The van der Waals surface area contributed by atoms with Crippen LogP contribution in [0.4, 0.5) is 0 Å². The van der Waals surface area contributed by atoms with Crippen molar-refractivity contribution in [2.75, 3.05) is 13.7 Å². The number of amides is 1. The molecule has 2 rings (SSSR count). The van der Waals surface area contributed by atoms with Crippen molar-refractivity contribution in [3.63, 3.8) is 0 Å². The fraction of sp³-hybridized carbons (Fsp3) is 0.526. The van der Waals surface area contributed by atoms with Gasteiger partial charge in [-0.1, -0.05) is 32.0 Å². The van der Waals surface area contributed by atoms with Crippen LogP contribution in [-0.2, 0) is 19.1 Å². The maximum atomic E-state index is 12.7. The first-order valence-electron chi connectivity index (χ1n) is 8.73. The van der Waals surface area contributed by atoms with E-state index >= 15 is 0 Å². The standard InChI is InChI=1S/C19H26N2O5/c1-12(2)9-15(20)17(22)21-11-14(10-16(21)19(24)25-3)26-18(23)13-7-5-4-6-8-13/h4-8,12,14-16H,9-11,20H2,1-3H3/t14-,15+,16+/m1/s1. The second-order valence-corrected chi connectivity index (χ2v) is 6.89. The quantitative estimate of drug-likeness (QED) is 0.767. The molecular formula is C19H26N2O5. The second kappa shape index (κ2) is 8.80. The number of esters is 2. The van der Waals surface area contributed by atoms with Crippen molar-refractivity contribution in [1.82, 2.24) is 4.90 Å². The molecule has 1 aromatic carbocycles. The number of carbonyl (C=O) groups is 3. The van der Waals surface area contributed by atoms with Gasteiger partial charge in [0.05, 0.1) is 25.3 Å². The van der Waals surface area contributed by atoms with Gasteiger partial charge in [-0.2, -0.15) is 0 Å². The highest BCUT2D eigenvalue weighted by Crippen LogP contribution is 2.24. The third-order valence-electron chi connectivity index (χ3n) is 4.34. The van der Waals surface area contributed by atoms with Crippen LogP contribution in [0.25, 0.3) is 0 Å². The van der Waals surface area contributed by atoms with Gasteiger partial charge in [0, 0.05) is 6.42 Å². The largest absolute Gasteiger partial charge is 0.467 e. The van der Waals surface area contributed by atoms with Crippen LogP contribution in [0.3, 0.4) is 0 Å². The SMILES string of the molecule is COC(=O)[C@@H]1C[C@@H](OC(=O)c2ccccc2)CN1C(=O)[C@@H](N)CC(C)C. The Labute approximate surface area is 153 Å². The summed E-state index contributed by atoms with van der Waals surface area (Å²) < 4.78 is 10.3. The van der Waals surface area contributed by atoms with Crippen LogP contribution in [-0.4, -0.2) is 54.6 Å². The van der Waals surface area contributed by atoms with Crippen LogP contribution < -0.4 is 5.73 Å². The molecule has 1 aliphatic rings. The molecule has 1 fully saturated rings. The van der Waals surface area contributed by atoms with Crippen molar-refractivity contribution in [2.24, 2.45) is 11.7 Å². The van der Waals surface area contributed by atoms with E-state index in [-0.39, 0.29) is 24.8 Å². The van der Waals surface area contributed by atoms with Crippen molar-refractivity contribution in [2.45, 2.75) is 44.9 Å². The van der Waals surface area contributed by atoms with Gasteiger partial charge in [0.1, 0.15) is 12.1 Å². The van der Waals surface area contributed by atoms with Crippen LogP contribution in [0.15, 0.2) is 30.3 Å². The zero-order chi connectivity index (χ0) is 19.3. The minimum atomic E-state index is -0.792. The summed E-state index contributed by atoms with van der Waals surface area (Å²) in [5, 5.41) is 0. The first-order chi connectivity index (χ1) is 12.3. The number of ether oxygens (including phenoxy) is 2. The topological polar surface area (TPSA) is 98.9 Å². The molecule has 1 saturated heterocycles. The summed E-state index contributed by atoms with van der Waals surface area (Å²) in [5.41, 5.74) is 6.41. The third kappa shape index (κ3) is 4.82. The lowest BCUT2D eigenvalue weighted by atomic mass is 10.0. The molecule has 3 atom stereocenters. The van der Waals surface area contributed by atoms with Gasteiger partial charge >= 0.3 is 11.9 Å². The molecule has 7 heteroatoms. The molecule has 2 N–H and O–H groups in total. The summed E-state index contributed by atoms with van der Waals surface area (Å²) in [6, 6.07) is 7.08. The fourth-order valence-electron chi connectivity index (χ4n) is 3.10. The molecule has 1 aromatic rings. The van der Waals surface area contributed by atoms with E-state index < -0.39 is 30.1 Å². The maximum Gasteiger partial charge on any atom is 0.338 e. The smallest absolute Gasteiger partial charge is 0.338 e. The number of benzene rings is 1. The van der Waals surface area contributed by atoms with Gasteiger partial charge in [-0.05, 0) is 24.5 Å². The molecule has 1 amide bonds. The summed E-state index contributed by atoms with van der Waals surface area (Å²) in [6.45, 7) is 4.07. The second-order valence-electron chi connectivity index (χ2n) is 6.89. The Morgan fingerprint density at radius 2 is 1.88 bits per heavy atom. The zero-order valence-electron chi connectivity index (χ0n) is 15.4. The molecule has 142 valence electrons. The number of rotatable bonds is 6. The molecule has 26 heavy (non-hydrogen) atoms. The normalized spacial score (nSPS) is 20.7. The van der Waals surface area contributed by atoms with E-state index in [0.29, 0.717) is 12.0 Å². The van der Waals surface area contributed by atoms with Gasteiger partial charge in [-0.3, -0.25) is 4.79 Å². The lowest BCUT2D eigenvalue weighted by molar-refractivity contribution is -0.151. The summed E-state index contributed by atoms with van der Waals surface area (Å²) in [5.74, 6) is -1.10. The van der Waals surface area contributed by atoms with Gasteiger partial charge in [0.15, 0.2) is 0 Å². The minimum Gasteiger partial charge on any atom is -0.467 e. The van der Waals surface area contributed by atoms with Gasteiger partial charge in [0.2, 0.25) is 5.91 Å². The molecule has 0 radical (unpaired) electrons. The number of nitrogens with zero attached hydrogens (tertiary/aromatic N) is 1. The number of carbonyl (C=O) groups excluding carboxylic acids is 3. The van der Waals surface area contributed by atoms with E-state index in [4.69, 9.17) is 15.2 Å². The number of hydrogen-bond acceptors (Lipinski definition) is 6. The first kappa shape index (κ1) is 19.9. The zero-order valence-corrected chi connectivity index (χ0v) is 15.4. The van der Waals surface area contributed by atoms with E-state index in [1.165, 1.54) is 12.0 Å². The molecule has 7 nitrogen and oxygen atoms in total. The molecule has 0 unspecified atom stereocenters. The molecule has 1 aliphatic heterocycles. The van der Waals surface area contributed by atoms with Gasteiger partial charge in [-0.25, -0.2) is 9.59 Å². The monoisotopic (exact) mass is 362 g/mol. The minimum absolute atomic E-state index is 0.128. The van der Waals surface area contributed by atoms with Crippen LogP contribution in [0, 0.1) is 5.92 Å². The van der Waals surface area contributed by atoms with Crippen molar-refractivity contribution < 1.29 is 23.9 Å². The van der Waals surface area contributed by atoms with E-state index in [1.807, 2.05) is 13.8 Å². The fourth-order valence-corrected chi connectivity index (χ4v) is 3.10. The van der Waals surface area contributed by atoms with E-state index in [9.17, 15) is 14.4 Å². The molecule has 0 spiro atoms. The average molecular weight is 362 g/mol. The highest BCUT2D eigenvalue weighted by Gasteiger charge is 2.43. The predicted molar refractivity (Wildman–Crippen MR) is 95.2 cm³/mol. The number of likely N-dealkylation sites (tertiary alicyclic amines) is 1. The van der Waals surface area contributed by atoms with E-state index in [0.717, 1.165) is 0 Å². The highest BCUT2D eigenvalue weighted by atomic mass is 16.5. The van der Waals surface area contributed by atoms with Crippen molar-refractivity contribution in [3.05, 3.63) is 35.9 Å². The Balaban J connectivity index is 2.09. The average Bonchev–Trinajstić information content (AvgIpc) is 3.04. The maximum absolute atomic E-state index is 12.7. The Hall–Kier alpha value is -2.41. The molecule has 0 saturated carbocycles. The van der Waals surface area contributed by atoms with Crippen LogP contribution in [0.2, 0.25) is 0 Å². The first-order valence-corrected chi connectivity index (χ1v) is 8.73. The number of nitrogens with two attached hydrogens (primary N) is 1. The van der Waals surface area contributed by atoms with Crippen LogP contribution >= 0.6 is 0 Å². The van der Waals surface area contributed by atoms with Crippen molar-refractivity contribution >= 4 is 17.8 Å². The van der Waals surface area contributed by atoms with Crippen LogP contribution in [0.1, 0.15) is 37.0 Å². The van der Waals surface area contributed by atoms with Gasteiger partial charge < -0.3 is 20.1 Å². The lowest BCUT2D eigenvalue weighted by Gasteiger charge is -2.26. The number of methoxy groups -OCH3 is 1. The third-order valence-corrected chi connectivity index (χ3v) is 4.34. The van der Waals surface area contributed by atoms with E-state index in [1.54, 1.807) is 30.3 Å². The highest BCUT2D eigenvalue weighted by molar-refractivity contribution is 5.90. The summed E-state index contributed by atoms with van der Waals surface area (Å²) in [4.78, 5) is 38.4.